The second-order valence-corrected chi connectivity index (χ2v) is 5.63. The quantitative estimate of drug-likeness (QED) is 0.818. The highest BCUT2D eigenvalue weighted by molar-refractivity contribution is 6.32. The number of carbonyl (C=O) groups is 1. The summed E-state index contributed by atoms with van der Waals surface area (Å²) in [5.41, 5.74) is 2.76. The van der Waals surface area contributed by atoms with Crippen molar-refractivity contribution in [3.8, 4) is 11.5 Å². The Bertz CT molecular complexity index is 701. The van der Waals surface area contributed by atoms with Crippen LogP contribution >= 0.6 is 11.6 Å². The third-order valence-corrected chi connectivity index (χ3v) is 3.68. The number of ether oxygens (including phenoxy) is 2. The number of benzene rings is 2. The molecular formula is C18H20ClNO3. The lowest BCUT2D eigenvalue weighted by Gasteiger charge is -2.11. The molecule has 1 N–H and O–H groups in total. The number of carbonyl (C=O) groups excluding carboxylic acids is 1. The first-order valence-corrected chi connectivity index (χ1v) is 7.71. The zero-order valence-electron chi connectivity index (χ0n) is 13.5. The Balaban J connectivity index is 1.84. The zero-order chi connectivity index (χ0) is 16.8. The number of methoxy groups -OCH3 is 1. The molecule has 0 bridgehead atoms. The second kappa shape index (κ2) is 7.88. The molecule has 0 unspecified atom stereocenters. The average Bonchev–Trinajstić information content (AvgIpc) is 2.52. The third-order valence-electron chi connectivity index (χ3n) is 3.39. The molecule has 0 aromatic heterocycles. The van der Waals surface area contributed by atoms with E-state index in [2.05, 4.69) is 11.4 Å². The third kappa shape index (κ3) is 4.63. The van der Waals surface area contributed by atoms with Gasteiger partial charge >= 0.3 is 0 Å². The van der Waals surface area contributed by atoms with Gasteiger partial charge in [0, 0.05) is 5.56 Å². The summed E-state index contributed by atoms with van der Waals surface area (Å²) in [5, 5.41) is 3.21. The van der Waals surface area contributed by atoms with Gasteiger partial charge in [0.2, 0.25) is 0 Å². The van der Waals surface area contributed by atoms with Gasteiger partial charge in [0.1, 0.15) is 18.1 Å². The molecule has 1 amide bonds. The standard InChI is InChI=1S/C18H20ClNO3/c1-12-4-6-16(13(2)10-12)23-9-8-20-18(21)14-5-7-17(22-3)15(19)11-14/h4-7,10-11H,8-9H2,1-3H3,(H,20,21). The predicted octanol–water partition coefficient (Wildman–Crippen LogP) is 3.77. The van der Waals surface area contributed by atoms with Crippen molar-refractivity contribution in [3.05, 3.63) is 58.1 Å². The van der Waals surface area contributed by atoms with Gasteiger partial charge in [-0.3, -0.25) is 4.79 Å². The Labute approximate surface area is 141 Å². The summed E-state index contributed by atoms with van der Waals surface area (Å²) >= 11 is 6.02. The molecule has 0 heterocycles. The number of nitrogens with one attached hydrogen (secondary N) is 1. The van der Waals surface area contributed by atoms with Crippen molar-refractivity contribution in [2.75, 3.05) is 20.3 Å². The lowest BCUT2D eigenvalue weighted by Crippen LogP contribution is -2.28. The maximum atomic E-state index is 12.1. The number of amides is 1. The van der Waals surface area contributed by atoms with Crippen molar-refractivity contribution >= 4 is 17.5 Å². The lowest BCUT2D eigenvalue weighted by molar-refractivity contribution is 0.0947. The van der Waals surface area contributed by atoms with Gasteiger partial charge in [0.25, 0.3) is 5.91 Å². The summed E-state index contributed by atoms with van der Waals surface area (Å²) < 4.78 is 10.7. The van der Waals surface area contributed by atoms with Crippen LogP contribution in [0.1, 0.15) is 21.5 Å². The van der Waals surface area contributed by atoms with Crippen LogP contribution < -0.4 is 14.8 Å². The molecule has 0 fully saturated rings. The summed E-state index contributed by atoms with van der Waals surface area (Å²) in [6.45, 7) is 4.85. The van der Waals surface area contributed by atoms with Crippen LogP contribution in [-0.2, 0) is 0 Å². The molecule has 0 saturated carbocycles. The van der Waals surface area contributed by atoms with Gasteiger partial charge in [-0.1, -0.05) is 29.3 Å². The number of aryl methyl sites for hydroxylation is 2. The molecule has 23 heavy (non-hydrogen) atoms. The fraction of sp³-hybridized carbons (Fsp3) is 0.278. The van der Waals surface area contributed by atoms with E-state index in [0.29, 0.717) is 29.5 Å². The summed E-state index contributed by atoms with van der Waals surface area (Å²) in [6.07, 6.45) is 0. The Hall–Kier alpha value is -2.20. The van der Waals surface area contributed by atoms with E-state index < -0.39 is 0 Å². The van der Waals surface area contributed by atoms with E-state index in [4.69, 9.17) is 21.1 Å². The lowest BCUT2D eigenvalue weighted by atomic mass is 10.1. The van der Waals surface area contributed by atoms with Crippen LogP contribution in [0.25, 0.3) is 0 Å². The molecule has 0 aliphatic carbocycles. The van der Waals surface area contributed by atoms with E-state index >= 15 is 0 Å². The molecule has 122 valence electrons. The van der Waals surface area contributed by atoms with Crippen molar-refractivity contribution in [2.45, 2.75) is 13.8 Å². The monoisotopic (exact) mass is 333 g/mol. The van der Waals surface area contributed by atoms with Gasteiger partial charge in [-0.15, -0.1) is 0 Å². The van der Waals surface area contributed by atoms with Gasteiger partial charge in [-0.25, -0.2) is 0 Å². The van der Waals surface area contributed by atoms with Crippen LogP contribution in [0.4, 0.5) is 0 Å². The summed E-state index contributed by atoms with van der Waals surface area (Å²) in [7, 11) is 1.53. The van der Waals surface area contributed by atoms with Crippen molar-refractivity contribution in [1.29, 1.82) is 0 Å². The first-order chi connectivity index (χ1) is 11.0. The van der Waals surface area contributed by atoms with Crippen LogP contribution in [-0.4, -0.2) is 26.2 Å². The Morgan fingerprint density at radius 2 is 1.87 bits per heavy atom. The van der Waals surface area contributed by atoms with Gasteiger partial charge in [-0.2, -0.15) is 0 Å². The van der Waals surface area contributed by atoms with Crippen molar-refractivity contribution in [2.24, 2.45) is 0 Å². The Kier molecular flexibility index (Phi) is 5.88. The van der Waals surface area contributed by atoms with Gasteiger partial charge in [0.15, 0.2) is 0 Å². The van der Waals surface area contributed by atoms with Crippen molar-refractivity contribution in [3.63, 3.8) is 0 Å². The molecule has 0 saturated heterocycles. The number of halogens is 1. The zero-order valence-corrected chi connectivity index (χ0v) is 14.2. The average molecular weight is 334 g/mol. The van der Waals surface area contributed by atoms with Gasteiger partial charge in [0.05, 0.1) is 18.7 Å². The molecule has 0 aliphatic heterocycles. The number of hydrogen-bond donors (Lipinski definition) is 1. The molecule has 0 radical (unpaired) electrons. The van der Waals surface area contributed by atoms with Crippen molar-refractivity contribution < 1.29 is 14.3 Å². The second-order valence-electron chi connectivity index (χ2n) is 5.22. The van der Waals surface area contributed by atoms with E-state index in [1.54, 1.807) is 18.2 Å². The van der Waals surface area contributed by atoms with E-state index in [1.165, 1.54) is 12.7 Å². The molecule has 2 rings (SSSR count). The highest BCUT2D eigenvalue weighted by Crippen LogP contribution is 2.24. The Morgan fingerprint density at radius 1 is 1.13 bits per heavy atom. The normalized spacial score (nSPS) is 10.3. The fourth-order valence-electron chi connectivity index (χ4n) is 2.20. The van der Waals surface area contributed by atoms with Crippen LogP contribution in [0.3, 0.4) is 0 Å². The smallest absolute Gasteiger partial charge is 0.251 e. The van der Waals surface area contributed by atoms with Crippen LogP contribution in [0.15, 0.2) is 36.4 Å². The molecule has 0 spiro atoms. The summed E-state index contributed by atoms with van der Waals surface area (Å²) in [4.78, 5) is 12.1. The van der Waals surface area contributed by atoms with Crippen LogP contribution in [0, 0.1) is 13.8 Å². The molecule has 0 aliphatic rings. The van der Waals surface area contributed by atoms with E-state index in [9.17, 15) is 4.79 Å². The fourth-order valence-corrected chi connectivity index (χ4v) is 2.45. The van der Waals surface area contributed by atoms with E-state index in [-0.39, 0.29) is 5.91 Å². The molecule has 2 aromatic carbocycles. The minimum absolute atomic E-state index is 0.196. The SMILES string of the molecule is COc1ccc(C(=O)NCCOc2ccc(C)cc2C)cc1Cl. The molecule has 0 atom stereocenters. The maximum Gasteiger partial charge on any atom is 0.251 e. The molecular weight excluding hydrogens is 314 g/mol. The number of rotatable bonds is 6. The highest BCUT2D eigenvalue weighted by atomic mass is 35.5. The summed E-state index contributed by atoms with van der Waals surface area (Å²) in [5.74, 6) is 1.18. The first-order valence-electron chi connectivity index (χ1n) is 7.33. The molecule has 2 aromatic rings. The highest BCUT2D eigenvalue weighted by Gasteiger charge is 2.08. The summed E-state index contributed by atoms with van der Waals surface area (Å²) in [6, 6.07) is 10.9. The van der Waals surface area contributed by atoms with E-state index in [1.807, 2.05) is 26.0 Å². The topological polar surface area (TPSA) is 47.6 Å². The van der Waals surface area contributed by atoms with Crippen LogP contribution in [0.5, 0.6) is 11.5 Å². The van der Waals surface area contributed by atoms with Crippen molar-refractivity contribution in [1.82, 2.24) is 5.32 Å². The molecule has 5 heteroatoms. The van der Waals surface area contributed by atoms with Gasteiger partial charge in [-0.05, 0) is 43.7 Å². The van der Waals surface area contributed by atoms with E-state index in [0.717, 1.165) is 11.3 Å². The maximum absolute atomic E-state index is 12.1. The van der Waals surface area contributed by atoms with Gasteiger partial charge < -0.3 is 14.8 Å². The minimum Gasteiger partial charge on any atom is -0.495 e. The largest absolute Gasteiger partial charge is 0.495 e. The first kappa shape index (κ1) is 17.2. The number of hydrogen-bond acceptors (Lipinski definition) is 3. The Morgan fingerprint density at radius 3 is 2.52 bits per heavy atom. The van der Waals surface area contributed by atoms with Crippen LogP contribution in [0.2, 0.25) is 5.02 Å². The minimum atomic E-state index is -0.196. The predicted molar refractivity (Wildman–Crippen MR) is 91.7 cm³/mol. The molecule has 4 nitrogen and oxygen atoms in total.